The summed E-state index contributed by atoms with van der Waals surface area (Å²) in [6.45, 7) is 4.64. The van der Waals surface area contributed by atoms with Gasteiger partial charge < -0.3 is 14.7 Å². The lowest BCUT2D eigenvalue weighted by atomic mass is 10.0. The predicted octanol–water partition coefficient (Wildman–Crippen LogP) is 5.26. The molecular weight excluding hydrogens is 468 g/mol. The maximum Gasteiger partial charge on any atom is 0.335 e. The number of nitrogens with zero attached hydrogens (tertiary/aromatic N) is 2. The van der Waals surface area contributed by atoms with Crippen molar-refractivity contribution in [2.24, 2.45) is 0 Å². The van der Waals surface area contributed by atoms with E-state index in [0.717, 1.165) is 16.7 Å². The zero-order valence-corrected chi connectivity index (χ0v) is 21.0. The second kappa shape index (κ2) is 11.7. The second-order valence-electron chi connectivity index (χ2n) is 9.07. The Morgan fingerprint density at radius 1 is 0.973 bits per heavy atom. The summed E-state index contributed by atoms with van der Waals surface area (Å²) in [5.41, 5.74) is 3.97. The molecule has 7 nitrogen and oxygen atoms in total. The van der Waals surface area contributed by atoms with E-state index in [4.69, 9.17) is 4.74 Å². The van der Waals surface area contributed by atoms with Gasteiger partial charge in [-0.3, -0.25) is 14.5 Å². The van der Waals surface area contributed by atoms with Gasteiger partial charge in [-0.25, -0.2) is 4.79 Å². The van der Waals surface area contributed by atoms with Crippen molar-refractivity contribution in [2.75, 3.05) is 29.5 Å². The Morgan fingerprint density at radius 3 is 2.35 bits per heavy atom. The van der Waals surface area contributed by atoms with Crippen molar-refractivity contribution in [1.82, 2.24) is 0 Å². The van der Waals surface area contributed by atoms with Crippen LogP contribution < -0.4 is 9.80 Å². The van der Waals surface area contributed by atoms with Crippen LogP contribution >= 0.6 is 0 Å². The summed E-state index contributed by atoms with van der Waals surface area (Å²) in [7, 11) is 0. The van der Waals surface area contributed by atoms with Crippen LogP contribution in [0.25, 0.3) is 17.2 Å². The molecular formula is C30H30N2O5. The van der Waals surface area contributed by atoms with Crippen molar-refractivity contribution >= 4 is 35.2 Å². The van der Waals surface area contributed by atoms with Crippen LogP contribution in [0.3, 0.4) is 0 Å². The van der Waals surface area contributed by atoms with E-state index >= 15 is 0 Å². The van der Waals surface area contributed by atoms with E-state index in [1.807, 2.05) is 68.4 Å². The molecule has 0 saturated carbocycles. The van der Waals surface area contributed by atoms with E-state index in [-0.39, 0.29) is 24.1 Å². The quantitative estimate of drug-likeness (QED) is 0.321. The maximum atomic E-state index is 13.2. The first-order valence-corrected chi connectivity index (χ1v) is 12.3. The molecule has 3 aromatic rings. The summed E-state index contributed by atoms with van der Waals surface area (Å²) in [5, 5.41) is 9.50. The average molecular weight is 499 g/mol. The maximum absolute atomic E-state index is 13.2. The average Bonchev–Trinajstić information content (AvgIpc) is 2.90. The van der Waals surface area contributed by atoms with Crippen LogP contribution in [0.2, 0.25) is 0 Å². The third-order valence-corrected chi connectivity index (χ3v) is 6.08. The fraction of sp³-hybridized carbons (Fsp3) is 0.233. The highest BCUT2D eigenvalue weighted by atomic mass is 16.5. The fourth-order valence-electron chi connectivity index (χ4n) is 4.20. The number of anilines is 2. The minimum absolute atomic E-state index is 0.0504. The summed E-state index contributed by atoms with van der Waals surface area (Å²) in [5.74, 6) is -1.72. The molecule has 37 heavy (non-hydrogen) atoms. The van der Waals surface area contributed by atoms with Gasteiger partial charge in [-0.2, -0.15) is 0 Å². The molecule has 0 aliphatic carbocycles. The molecule has 0 aromatic heterocycles. The number of fused-ring (bicyclic) bond motifs is 1. The number of hydrogen-bond acceptors (Lipinski definition) is 4. The second-order valence-corrected chi connectivity index (χ2v) is 9.07. The van der Waals surface area contributed by atoms with Gasteiger partial charge in [-0.15, -0.1) is 0 Å². The lowest BCUT2D eigenvalue weighted by Gasteiger charge is -2.36. The predicted molar refractivity (Wildman–Crippen MR) is 145 cm³/mol. The van der Waals surface area contributed by atoms with Gasteiger partial charge in [0.15, 0.2) is 0 Å². The Hall–Kier alpha value is -4.23. The highest BCUT2D eigenvalue weighted by Gasteiger charge is 2.32. The van der Waals surface area contributed by atoms with Crippen LogP contribution in [0, 0.1) is 0 Å². The van der Waals surface area contributed by atoms with Crippen molar-refractivity contribution < 1.29 is 24.2 Å². The highest BCUT2D eigenvalue weighted by Crippen LogP contribution is 2.35. The van der Waals surface area contributed by atoms with Gasteiger partial charge in [0.1, 0.15) is 6.54 Å². The molecule has 2 amide bonds. The molecule has 0 unspecified atom stereocenters. The van der Waals surface area contributed by atoms with Crippen LogP contribution in [0.4, 0.5) is 11.4 Å². The zero-order valence-electron chi connectivity index (χ0n) is 21.0. The largest absolute Gasteiger partial charge is 0.478 e. The molecule has 0 atom stereocenters. The Morgan fingerprint density at radius 2 is 1.68 bits per heavy atom. The third kappa shape index (κ3) is 6.32. The molecule has 0 radical (unpaired) electrons. The molecule has 4 rings (SSSR count). The Labute approximate surface area is 216 Å². The zero-order chi connectivity index (χ0) is 26.4. The standard InChI is InChI=1S/C30H30N2O5/c1-21(2)37-18-6-17-31-26-15-14-25(30(35)36)19-27(26)32(20-29(31)34)28(33)16-11-22-9-12-24(13-10-22)23-7-4-3-5-8-23/h3-5,7-16,19,21H,6,17-18,20H2,1-2H3,(H,35,36)/b16-11+. The van der Waals surface area contributed by atoms with E-state index in [1.165, 1.54) is 23.1 Å². The monoisotopic (exact) mass is 498 g/mol. The van der Waals surface area contributed by atoms with Gasteiger partial charge in [0.05, 0.1) is 23.0 Å². The Kier molecular flexibility index (Phi) is 8.15. The van der Waals surface area contributed by atoms with Crippen LogP contribution in [-0.2, 0) is 14.3 Å². The molecule has 3 aromatic carbocycles. The molecule has 1 aliphatic heterocycles. The van der Waals surface area contributed by atoms with E-state index in [0.29, 0.717) is 30.9 Å². The molecule has 0 bridgehead atoms. The first kappa shape index (κ1) is 25.9. The number of rotatable bonds is 9. The van der Waals surface area contributed by atoms with Crippen molar-refractivity contribution in [3.63, 3.8) is 0 Å². The number of hydrogen-bond donors (Lipinski definition) is 1. The lowest BCUT2D eigenvalue weighted by molar-refractivity contribution is -0.120. The SMILES string of the molecule is CC(C)OCCCN1C(=O)CN(C(=O)/C=C/c2ccc(-c3ccccc3)cc2)c2cc(C(=O)O)ccc21. The fourth-order valence-corrected chi connectivity index (χ4v) is 4.20. The van der Waals surface area contributed by atoms with E-state index in [9.17, 15) is 19.5 Å². The Bertz CT molecular complexity index is 1300. The van der Waals surface area contributed by atoms with Crippen LogP contribution in [0.15, 0.2) is 78.9 Å². The van der Waals surface area contributed by atoms with Gasteiger partial charge in [-0.1, -0.05) is 54.6 Å². The van der Waals surface area contributed by atoms with E-state index < -0.39 is 11.9 Å². The van der Waals surface area contributed by atoms with Gasteiger partial charge in [0.25, 0.3) is 5.91 Å². The first-order chi connectivity index (χ1) is 17.8. The summed E-state index contributed by atoms with van der Waals surface area (Å²) < 4.78 is 5.58. The molecule has 7 heteroatoms. The van der Waals surface area contributed by atoms with Crippen molar-refractivity contribution in [3.8, 4) is 11.1 Å². The molecule has 1 N–H and O–H groups in total. The smallest absolute Gasteiger partial charge is 0.335 e. The van der Waals surface area contributed by atoms with Gasteiger partial charge >= 0.3 is 5.97 Å². The molecule has 0 spiro atoms. The molecule has 1 heterocycles. The van der Waals surface area contributed by atoms with Crippen LogP contribution in [0.5, 0.6) is 0 Å². The highest BCUT2D eigenvalue weighted by molar-refractivity contribution is 6.15. The van der Waals surface area contributed by atoms with Crippen molar-refractivity contribution in [1.29, 1.82) is 0 Å². The number of aromatic carboxylic acids is 1. The molecule has 190 valence electrons. The number of carboxylic acid groups (broad SMARTS) is 1. The van der Waals surface area contributed by atoms with E-state index in [2.05, 4.69) is 0 Å². The van der Waals surface area contributed by atoms with Gasteiger partial charge in [0, 0.05) is 19.2 Å². The summed E-state index contributed by atoms with van der Waals surface area (Å²) in [6.07, 6.45) is 3.82. The topological polar surface area (TPSA) is 87.2 Å². The van der Waals surface area contributed by atoms with Crippen molar-refractivity contribution in [2.45, 2.75) is 26.4 Å². The van der Waals surface area contributed by atoms with Gasteiger partial charge in [-0.05, 0) is 61.2 Å². The number of benzene rings is 3. The Balaban J connectivity index is 1.54. The normalized spacial score (nSPS) is 13.3. The van der Waals surface area contributed by atoms with Crippen molar-refractivity contribution in [3.05, 3.63) is 90.0 Å². The van der Waals surface area contributed by atoms with Gasteiger partial charge in [0.2, 0.25) is 5.91 Å². The van der Waals surface area contributed by atoms with E-state index in [1.54, 1.807) is 17.0 Å². The number of carbonyl (C=O) groups excluding carboxylic acids is 2. The summed E-state index contributed by atoms with van der Waals surface area (Å²) >= 11 is 0. The third-order valence-electron chi connectivity index (χ3n) is 6.08. The first-order valence-electron chi connectivity index (χ1n) is 12.3. The number of carboxylic acids is 1. The summed E-state index contributed by atoms with van der Waals surface area (Å²) in [6, 6.07) is 22.3. The minimum atomic E-state index is -1.10. The number of carbonyl (C=O) groups is 3. The number of ether oxygens (including phenoxy) is 1. The molecule has 0 saturated heterocycles. The molecule has 0 fully saturated rings. The lowest BCUT2D eigenvalue weighted by Crippen LogP contribution is -2.48. The summed E-state index contributed by atoms with van der Waals surface area (Å²) in [4.78, 5) is 40.7. The van der Waals surface area contributed by atoms with Crippen LogP contribution in [-0.4, -0.2) is 48.7 Å². The minimum Gasteiger partial charge on any atom is -0.478 e. The number of amides is 2. The molecule has 1 aliphatic rings. The van der Waals surface area contributed by atoms with Crippen LogP contribution in [0.1, 0.15) is 36.2 Å².